The monoisotopic (exact) mass is 466 g/mol. The average molecular weight is 467 g/mol. The molecule has 0 saturated heterocycles. The molecular weight excluding hydrogens is 436 g/mol. The van der Waals surface area contributed by atoms with E-state index in [1.807, 2.05) is 50.2 Å². The minimum Gasteiger partial charge on any atom is -0.454 e. The largest absolute Gasteiger partial charge is 0.454 e. The lowest BCUT2D eigenvalue weighted by Crippen LogP contribution is -2.38. The van der Waals surface area contributed by atoms with Crippen LogP contribution >= 0.6 is 0 Å². The van der Waals surface area contributed by atoms with Crippen molar-refractivity contribution in [3.63, 3.8) is 0 Å². The molecule has 8 nitrogen and oxygen atoms in total. The van der Waals surface area contributed by atoms with E-state index in [1.54, 1.807) is 0 Å². The van der Waals surface area contributed by atoms with Crippen LogP contribution in [0.5, 0.6) is 23.0 Å². The third-order valence-electron chi connectivity index (χ3n) is 6.98. The summed E-state index contributed by atoms with van der Waals surface area (Å²) in [5.74, 6) is 2.80. The SMILES string of the molecule is CC(NC(=O)C1CCC(C(=O)NC(C)c2ccc3c(c2)OCO3)CC1)c1ccc2c(c1)OCO2. The quantitative estimate of drug-likeness (QED) is 0.668. The van der Waals surface area contributed by atoms with Crippen LogP contribution in [0, 0.1) is 11.8 Å². The van der Waals surface area contributed by atoms with Crippen LogP contribution < -0.4 is 29.6 Å². The first kappa shape index (κ1) is 22.4. The van der Waals surface area contributed by atoms with E-state index in [-0.39, 0.29) is 49.3 Å². The van der Waals surface area contributed by atoms with Crippen LogP contribution in [0.15, 0.2) is 36.4 Å². The molecule has 2 atom stereocenters. The highest BCUT2D eigenvalue weighted by atomic mass is 16.7. The van der Waals surface area contributed by atoms with Gasteiger partial charge < -0.3 is 29.6 Å². The van der Waals surface area contributed by atoms with Crippen LogP contribution in [-0.2, 0) is 9.59 Å². The Morgan fingerprint density at radius 1 is 0.676 bits per heavy atom. The Balaban J connectivity index is 1.10. The molecule has 1 saturated carbocycles. The van der Waals surface area contributed by atoms with E-state index in [0.29, 0.717) is 37.2 Å². The molecule has 2 heterocycles. The van der Waals surface area contributed by atoms with Gasteiger partial charge >= 0.3 is 0 Å². The first-order valence-corrected chi connectivity index (χ1v) is 11.9. The molecular formula is C26H30N2O6. The van der Waals surface area contributed by atoms with Crippen molar-refractivity contribution in [1.29, 1.82) is 0 Å². The van der Waals surface area contributed by atoms with E-state index < -0.39 is 0 Å². The molecule has 34 heavy (non-hydrogen) atoms. The second-order valence-corrected chi connectivity index (χ2v) is 9.23. The van der Waals surface area contributed by atoms with Crippen LogP contribution in [0.3, 0.4) is 0 Å². The van der Waals surface area contributed by atoms with Crippen molar-refractivity contribution in [2.75, 3.05) is 13.6 Å². The predicted octanol–water partition coefficient (Wildman–Crippen LogP) is 4.01. The fraction of sp³-hybridized carbons (Fsp3) is 0.462. The molecule has 8 heteroatoms. The summed E-state index contributed by atoms with van der Waals surface area (Å²) in [4.78, 5) is 25.7. The number of amides is 2. The molecule has 180 valence electrons. The lowest BCUT2D eigenvalue weighted by molar-refractivity contribution is -0.131. The molecule has 3 aliphatic rings. The minimum absolute atomic E-state index is 0.0396. The number of benzene rings is 2. The van der Waals surface area contributed by atoms with Gasteiger partial charge in [0.15, 0.2) is 23.0 Å². The molecule has 0 radical (unpaired) electrons. The van der Waals surface area contributed by atoms with Crippen molar-refractivity contribution in [3.8, 4) is 23.0 Å². The Morgan fingerprint density at radius 2 is 1.06 bits per heavy atom. The Hall–Kier alpha value is -3.42. The number of hydrogen-bond donors (Lipinski definition) is 2. The van der Waals surface area contributed by atoms with E-state index in [4.69, 9.17) is 18.9 Å². The van der Waals surface area contributed by atoms with Crippen molar-refractivity contribution in [2.24, 2.45) is 11.8 Å². The molecule has 0 aromatic heterocycles. The lowest BCUT2D eigenvalue weighted by atomic mass is 9.81. The van der Waals surface area contributed by atoms with Gasteiger partial charge in [0, 0.05) is 11.8 Å². The third-order valence-corrected chi connectivity index (χ3v) is 6.98. The minimum atomic E-state index is -0.134. The zero-order valence-corrected chi connectivity index (χ0v) is 19.5. The Labute approximate surface area is 198 Å². The van der Waals surface area contributed by atoms with Crippen LogP contribution in [-0.4, -0.2) is 25.4 Å². The number of carbonyl (C=O) groups is 2. The van der Waals surface area contributed by atoms with Crippen LogP contribution in [0.4, 0.5) is 0 Å². The van der Waals surface area contributed by atoms with Gasteiger partial charge in [0.05, 0.1) is 12.1 Å². The van der Waals surface area contributed by atoms with Crippen molar-refractivity contribution < 1.29 is 28.5 Å². The van der Waals surface area contributed by atoms with Crippen LogP contribution in [0.2, 0.25) is 0 Å². The third kappa shape index (κ3) is 4.62. The molecule has 1 aliphatic carbocycles. The molecule has 0 spiro atoms. The second kappa shape index (κ2) is 9.44. The van der Waals surface area contributed by atoms with Gasteiger partial charge in [0.1, 0.15) is 0 Å². The number of hydrogen-bond acceptors (Lipinski definition) is 6. The second-order valence-electron chi connectivity index (χ2n) is 9.23. The summed E-state index contributed by atoms with van der Waals surface area (Å²) in [6, 6.07) is 11.2. The summed E-state index contributed by atoms with van der Waals surface area (Å²) in [5.41, 5.74) is 1.95. The summed E-state index contributed by atoms with van der Waals surface area (Å²) < 4.78 is 21.6. The molecule has 2 amide bonds. The van der Waals surface area contributed by atoms with Gasteiger partial charge in [-0.05, 0) is 74.9 Å². The van der Waals surface area contributed by atoms with Gasteiger partial charge in [-0.2, -0.15) is 0 Å². The van der Waals surface area contributed by atoms with Crippen molar-refractivity contribution in [3.05, 3.63) is 47.5 Å². The first-order chi connectivity index (χ1) is 16.5. The fourth-order valence-corrected chi connectivity index (χ4v) is 4.81. The normalized spacial score (nSPS) is 22.1. The first-order valence-electron chi connectivity index (χ1n) is 11.9. The van der Waals surface area contributed by atoms with Gasteiger partial charge in [-0.15, -0.1) is 0 Å². The predicted molar refractivity (Wildman–Crippen MR) is 124 cm³/mol. The molecule has 2 unspecified atom stereocenters. The molecule has 1 fully saturated rings. The van der Waals surface area contributed by atoms with Gasteiger partial charge in [-0.1, -0.05) is 12.1 Å². The molecule has 2 N–H and O–H groups in total. The van der Waals surface area contributed by atoms with Crippen LogP contribution in [0.1, 0.15) is 62.7 Å². The van der Waals surface area contributed by atoms with E-state index >= 15 is 0 Å². The van der Waals surface area contributed by atoms with Crippen molar-refractivity contribution >= 4 is 11.8 Å². The van der Waals surface area contributed by atoms with Gasteiger partial charge in [-0.25, -0.2) is 0 Å². The number of carbonyl (C=O) groups excluding carboxylic acids is 2. The topological polar surface area (TPSA) is 95.1 Å². The molecule has 5 rings (SSSR count). The molecule has 0 bridgehead atoms. The van der Waals surface area contributed by atoms with Crippen molar-refractivity contribution in [1.82, 2.24) is 10.6 Å². The molecule has 2 aliphatic heterocycles. The highest BCUT2D eigenvalue weighted by molar-refractivity contribution is 5.81. The van der Waals surface area contributed by atoms with Crippen LogP contribution in [0.25, 0.3) is 0 Å². The van der Waals surface area contributed by atoms with Gasteiger partial charge in [-0.3, -0.25) is 9.59 Å². The summed E-state index contributed by atoms with van der Waals surface area (Å²) in [5, 5.41) is 6.23. The number of rotatable bonds is 6. The summed E-state index contributed by atoms with van der Waals surface area (Å²) in [6.07, 6.45) is 2.82. The maximum atomic E-state index is 12.9. The summed E-state index contributed by atoms with van der Waals surface area (Å²) in [7, 11) is 0. The summed E-state index contributed by atoms with van der Waals surface area (Å²) >= 11 is 0. The Morgan fingerprint density at radius 3 is 1.47 bits per heavy atom. The Kier molecular flexibility index (Phi) is 6.22. The maximum absolute atomic E-state index is 12.9. The van der Waals surface area contributed by atoms with E-state index in [0.717, 1.165) is 22.6 Å². The highest BCUT2D eigenvalue weighted by Crippen LogP contribution is 2.36. The summed E-state index contributed by atoms with van der Waals surface area (Å²) in [6.45, 7) is 4.38. The molecule has 2 aromatic carbocycles. The fourth-order valence-electron chi connectivity index (χ4n) is 4.81. The van der Waals surface area contributed by atoms with E-state index in [1.165, 1.54) is 0 Å². The zero-order chi connectivity index (χ0) is 23.7. The smallest absolute Gasteiger partial charge is 0.231 e. The van der Waals surface area contributed by atoms with E-state index in [2.05, 4.69) is 10.6 Å². The Bertz CT molecular complexity index is 993. The van der Waals surface area contributed by atoms with Crippen molar-refractivity contribution in [2.45, 2.75) is 51.6 Å². The number of nitrogens with one attached hydrogen (secondary N) is 2. The standard InChI is InChI=1S/C26H30N2O6/c1-15(19-7-9-21-23(11-19)33-13-31-21)27-25(29)17-3-5-18(6-4-17)26(30)28-16(2)20-8-10-22-24(12-20)34-14-32-22/h7-12,15-18H,3-6,13-14H2,1-2H3,(H,27,29)(H,28,30). The van der Waals surface area contributed by atoms with E-state index in [9.17, 15) is 9.59 Å². The highest BCUT2D eigenvalue weighted by Gasteiger charge is 2.31. The van der Waals surface area contributed by atoms with Gasteiger partial charge in [0.2, 0.25) is 25.4 Å². The lowest BCUT2D eigenvalue weighted by Gasteiger charge is -2.29. The zero-order valence-electron chi connectivity index (χ0n) is 19.5. The molecule has 2 aromatic rings. The number of ether oxygens (including phenoxy) is 4. The van der Waals surface area contributed by atoms with Gasteiger partial charge in [0.25, 0.3) is 0 Å². The number of fused-ring (bicyclic) bond motifs is 2. The maximum Gasteiger partial charge on any atom is 0.231 e. The average Bonchev–Trinajstić information content (AvgIpc) is 3.52.